The molecule has 8 unspecified atom stereocenters. The van der Waals surface area contributed by atoms with E-state index in [1.807, 2.05) is 123 Å². The fraction of sp³-hybridized carbons (Fsp3) is 0.623. The maximum atomic E-state index is 12.3. The smallest absolute Gasteiger partial charge is 0.344 e. The fourth-order valence-corrected chi connectivity index (χ4v) is 10.3. The molecule has 0 radical (unpaired) electrons. The van der Waals surface area contributed by atoms with Gasteiger partial charge in [-0.2, -0.15) is 0 Å². The molecular formula is C77H114O17. The first-order valence-corrected chi connectivity index (χ1v) is 33.9. The van der Waals surface area contributed by atoms with E-state index in [-0.39, 0.29) is 61.2 Å². The van der Waals surface area contributed by atoms with Gasteiger partial charge in [-0.05, 0) is 262 Å². The molecule has 0 saturated heterocycles. The number of fused-ring (bicyclic) bond motifs is 5. The number of methoxy groups -OCH3 is 1. The Kier molecular flexibility index (Phi) is 30.9. The van der Waals surface area contributed by atoms with E-state index in [1.165, 1.54) is 32.1 Å². The summed E-state index contributed by atoms with van der Waals surface area (Å²) in [4.78, 5) is 59.8. The fourth-order valence-electron chi connectivity index (χ4n) is 10.3. The molecule has 524 valence electrons. The van der Waals surface area contributed by atoms with Crippen LogP contribution in [0.2, 0.25) is 0 Å². The van der Waals surface area contributed by atoms with Crippen molar-refractivity contribution in [3.05, 3.63) is 97.1 Å². The summed E-state index contributed by atoms with van der Waals surface area (Å²) >= 11 is 0. The summed E-state index contributed by atoms with van der Waals surface area (Å²) in [7, 11) is 1.62. The zero-order valence-electron chi connectivity index (χ0n) is 60.7. The summed E-state index contributed by atoms with van der Waals surface area (Å²) in [5.74, 6) is 7.29. The quantitative estimate of drug-likeness (QED) is 0.0295. The summed E-state index contributed by atoms with van der Waals surface area (Å²) in [5, 5.41) is 0. The van der Waals surface area contributed by atoms with Gasteiger partial charge in [-0.15, -0.1) is 0 Å². The monoisotopic (exact) mass is 1310 g/mol. The number of benzene rings is 4. The highest BCUT2D eigenvalue weighted by Gasteiger charge is 2.55. The number of carbonyl (C=O) groups is 5. The van der Waals surface area contributed by atoms with E-state index in [0.29, 0.717) is 59.4 Å². The van der Waals surface area contributed by atoms with Crippen molar-refractivity contribution in [2.24, 2.45) is 57.2 Å². The van der Waals surface area contributed by atoms with Gasteiger partial charge in [0.15, 0.2) is 12.9 Å². The van der Waals surface area contributed by atoms with Gasteiger partial charge in [-0.1, -0.05) is 61.8 Å². The lowest BCUT2D eigenvalue weighted by Crippen LogP contribution is -2.37. The van der Waals surface area contributed by atoms with Crippen LogP contribution in [-0.2, 0) is 42.9 Å². The third-order valence-electron chi connectivity index (χ3n) is 17.9. The first-order chi connectivity index (χ1) is 44.0. The van der Waals surface area contributed by atoms with Crippen LogP contribution in [-0.4, -0.2) is 80.7 Å². The second-order valence-corrected chi connectivity index (χ2v) is 28.9. The molecule has 0 N–H and O–H groups in total. The van der Waals surface area contributed by atoms with Crippen molar-refractivity contribution in [1.82, 2.24) is 0 Å². The Morgan fingerprint density at radius 1 is 0.436 bits per heavy atom. The zero-order chi connectivity index (χ0) is 70.4. The van der Waals surface area contributed by atoms with Crippen molar-refractivity contribution in [1.29, 1.82) is 0 Å². The van der Waals surface area contributed by atoms with Gasteiger partial charge in [-0.3, -0.25) is 19.2 Å². The summed E-state index contributed by atoms with van der Waals surface area (Å²) in [6.07, 6.45) is 9.22. The van der Waals surface area contributed by atoms with Crippen LogP contribution >= 0.6 is 0 Å². The average molecular weight is 1310 g/mol. The van der Waals surface area contributed by atoms with Crippen LogP contribution in [0.15, 0.2) is 97.1 Å². The first kappa shape index (κ1) is 79.7. The van der Waals surface area contributed by atoms with Crippen molar-refractivity contribution < 1.29 is 80.8 Å². The summed E-state index contributed by atoms with van der Waals surface area (Å²) < 4.78 is 66.7. The third kappa shape index (κ3) is 25.5. The Balaban J connectivity index is 0.000000271. The number of carbonyl (C=O) groups excluding carboxylic acids is 5. The Bertz CT molecular complexity index is 2940. The van der Waals surface area contributed by atoms with Gasteiger partial charge in [0.25, 0.3) is 0 Å². The number of hydrogen-bond donors (Lipinski definition) is 0. The zero-order valence-corrected chi connectivity index (χ0v) is 60.7. The van der Waals surface area contributed by atoms with Gasteiger partial charge >= 0.3 is 29.8 Å². The van der Waals surface area contributed by atoms with Crippen molar-refractivity contribution in [3.63, 3.8) is 0 Å². The Morgan fingerprint density at radius 2 is 0.777 bits per heavy atom. The highest BCUT2D eigenvalue weighted by atomic mass is 16.7. The largest absolute Gasteiger partial charge is 0.482 e. The molecule has 0 aromatic heterocycles. The van der Waals surface area contributed by atoms with Crippen LogP contribution in [0.3, 0.4) is 0 Å². The minimum absolute atomic E-state index is 0.167. The number of ether oxygens (including phenoxy) is 12. The lowest BCUT2D eigenvalue weighted by atomic mass is 9.80. The minimum Gasteiger partial charge on any atom is -0.482 e. The standard InChI is InChI=1S/C26H38O4.C18H26O5.C17H26O4.C16H24O4/c1-6-26(4,5)25(27)29-19-12-10-18(11-13-19)28-24(16(2)3)30-23-15-17-14-22(23)21-9-7-8-20(17)21;1-7-18(5,6)16(20)22-14-10-8-13(9-11-14)21-12-15(19)23-17(2,3)4;1-7-17(4,5)16(18)21-14-10-8-13(9-11-14)20-15(19-6)12(2)3;1-6-16(4,5)15(17)20-14-10-8-13(9-11-14)19-12(3)18-7-2/h10-13,16-17,20-24H,6-9,14-15H2,1-5H3;8-11H,7,12H2,1-6H3;8-12,15H,7H2,1-6H3;8-12H,6-7H2,1-5H3. The molecule has 3 fully saturated rings. The second-order valence-electron chi connectivity index (χ2n) is 28.9. The molecule has 3 saturated carbocycles. The van der Waals surface area contributed by atoms with Crippen molar-refractivity contribution >= 4 is 29.8 Å². The molecule has 4 aromatic carbocycles. The Labute approximate surface area is 562 Å². The molecule has 4 aromatic rings. The van der Waals surface area contributed by atoms with Gasteiger partial charge in [0.05, 0.1) is 27.8 Å². The van der Waals surface area contributed by atoms with E-state index in [2.05, 4.69) is 13.8 Å². The maximum Gasteiger partial charge on any atom is 0.344 e. The molecular weight excluding hydrogens is 1200 g/mol. The van der Waals surface area contributed by atoms with E-state index < -0.39 is 33.2 Å². The summed E-state index contributed by atoms with van der Waals surface area (Å²) in [5.41, 5.74) is -2.49. The Morgan fingerprint density at radius 3 is 1.12 bits per heavy atom. The molecule has 3 aliphatic rings. The number of hydrogen-bond acceptors (Lipinski definition) is 17. The first-order valence-electron chi connectivity index (χ1n) is 33.9. The van der Waals surface area contributed by atoms with Gasteiger partial charge < -0.3 is 56.8 Å². The van der Waals surface area contributed by atoms with Crippen LogP contribution in [0, 0.1) is 57.2 Å². The molecule has 0 spiro atoms. The molecule has 17 heteroatoms. The Hall–Kier alpha value is -6.69. The predicted molar refractivity (Wildman–Crippen MR) is 365 cm³/mol. The summed E-state index contributed by atoms with van der Waals surface area (Å²) in [6, 6.07) is 27.9. The SMILES string of the molecule is CCC(C)(C)C(=O)Oc1ccc(OC(OC)C(C)C)cc1.CCC(C)(C)C(=O)Oc1ccc(OC(OC2CC3CC2C2CCCC32)C(C)C)cc1.CCC(C)(C)C(=O)Oc1ccc(OCC(=O)OC(C)(C)C)cc1.CCOC(C)Oc1ccc(OC(=O)C(C)(C)CC)cc1. The highest BCUT2D eigenvalue weighted by Crippen LogP contribution is 2.59. The molecule has 94 heavy (non-hydrogen) atoms. The van der Waals surface area contributed by atoms with Gasteiger partial charge in [0, 0.05) is 25.6 Å². The number of esters is 5. The van der Waals surface area contributed by atoms with E-state index in [4.69, 9.17) is 56.8 Å². The lowest BCUT2D eigenvalue weighted by Gasteiger charge is -2.35. The molecule has 0 aliphatic heterocycles. The maximum absolute atomic E-state index is 12.3. The topological polar surface area (TPSA) is 196 Å². The molecule has 2 bridgehead atoms. The van der Waals surface area contributed by atoms with E-state index in [1.54, 1.807) is 113 Å². The van der Waals surface area contributed by atoms with Crippen LogP contribution in [0.25, 0.3) is 0 Å². The lowest BCUT2D eigenvalue weighted by molar-refractivity contribution is -0.162. The van der Waals surface area contributed by atoms with Gasteiger partial charge in [-0.25, -0.2) is 4.79 Å². The van der Waals surface area contributed by atoms with Crippen LogP contribution in [0.1, 0.15) is 203 Å². The van der Waals surface area contributed by atoms with Crippen LogP contribution in [0.4, 0.5) is 0 Å². The van der Waals surface area contributed by atoms with E-state index >= 15 is 0 Å². The highest BCUT2D eigenvalue weighted by molar-refractivity contribution is 5.80. The molecule has 0 heterocycles. The molecule has 7 rings (SSSR count). The minimum atomic E-state index is -0.537. The summed E-state index contributed by atoms with van der Waals surface area (Å²) in [6.45, 7) is 40.8. The van der Waals surface area contributed by atoms with Gasteiger partial charge in [0.1, 0.15) is 51.6 Å². The van der Waals surface area contributed by atoms with Gasteiger partial charge in [0.2, 0.25) is 12.6 Å². The molecule has 17 nitrogen and oxygen atoms in total. The predicted octanol–water partition coefficient (Wildman–Crippen LogP) is 17.8. The van der Waals surface area contributed by atoms with E-state index in [0.717, 1.165) is 48.7 Å². The average Bonchev–Trinajstić information content (AvgIpc) is 1.60. The van der Waals surface area contributed by atoms with Crippen molar-refractivity contribution in [2.45, 2.75) is 234 Å². The van der Waals surface area contributed by atoms with Crippen molar-refractivity contribution in [2.75, 3.05) is 20.3 Å². The number of rotatable bonds is 28. The normalized spacial score (nSPS) is 18.4. The molecule has 0 amide bonds. The molecule has 8 atom stereocenters. The van der Waals surface area contributed by atoms with Crippen LogP contribution in [0.5, 0.6) is 46.0 Å². The molecule has 3 aliphatic carbocycles. The van der Waals surface area contributed by atoms with Crippen LogP contribution < -0.4 is 37.9 Å². The van der Waals surface area contributed by atoms with Crippen molar-refractivity contribution in [3.8, 4) is 46.0 Å². The van der Waals surface area contributed by atoms with E-state index in [9.17, 15) is 24.0 Å². The second kappa shape index (κ2) is 36.4. The third-order valence-corrected chi connectivity index (χ3v) is 17.9.